The highest BCUT2D eigenvalue weighted by atomic mass is 16.2. The molecule has 0 aromatic rings. The van der Waals surface area contributed by atoms with E-state index in [1.54, 1.807) is 0 Å². The highest BCUT2D eigenvalue weighted by Crippen LogP contribution is 2.07. The van der Waals surface area contributed by atoms with Crippen molar-refractivity contribution in [1.82, 2.24) is 0 Å². The van der Waals surface area contributed by atoms with Crippen LogP contribution in [0.15, 0.2) is 0 Å². The van der Waals surface area contributed by atoms with Crippen molar-refractivity contribution in [2.75, 3.05) is 6.61 Å². The molecule has 0 aliphatic heterocycles. The van der Waals surface area contributed by atoms with Crippen LogP contribution in [-0.2, 0) is 9.90 Å². The van der Waals surface area contributed by atoms with Crippen molar-refractivity contribution in [3.63, 3.8) is 0 Å². The Morgan fingerprint density at radius 3 is 2.45 bits per heavy atom. The first kappa shape index (κ1) is 10.6. The van der Waals surface area contributed by atoms with Crippen LogP contribution in [-0.4, -0.2) is 12.4 Å². The third-order valence-electron chi connectivity index (χ3n) is 1.98. The second-order valence-corrected chi connectivity index (χ2v) is 2.94. The smallest absolute Gasteiger partial charge is 0.135 e. The molecule has 1 radical (unpaired) electrons. The molecule has 0 aromatic carbocycles. The summed E-state index contributed by atoms with van der Waals surface area (Å²) < 4.78 is 0. The second kappa shape index (κ2) is 6.35. The van der Waals surface area contributed by atoms with Crippen molar-refractivity contribution in [2.45, 2.75) is 39.5 Å². The number of hydrogen-bond donors (Lipinski definition) is 0. The van der Waals surface area contributed by atoms with Crippen LogP contribution in [0.3, 0.4) is 0 Å². The molecule has 0 saturated heterocycles. The lowest BCUT2D eigenvalue weighted by atomic mass is 9.99. The summed E-state index contributed by atoms with van der Waals surface area (Å²) in [5.41, 5.74) is 0. The van der Waals surface area contributed by atoms with Gasteiger partial charge in [-0.15, -0.1) is 0 Å². The highest BCUT2D eigenvalue weighted by Gasteiger charge is 2.08. The summed E-state index contributed by atoms with van der Waals surface area (Å²) in [6, 6.07) is 0. The van der Waals surface area contributed by atoms with Crippen LogP contribution in [0, 0.1) is 5.92 Å². The van der Waals surface area contributed by atoms with Gasteiger partial charge < -0.3 is 0 Å². The van der Waals surface area contributed by atoms with Crippen molar-refractivity contribution >= 4 is 5.78 Å². The zero-order chi connectivity index (χ0) is 8.69. The van der Waals surface area contributed by atoms with Crippen LogP contribution in [0.1, 0.15) is 39.5 Å². The SMILES string of the molecule is CCC(C)C(=O)CCCC[O]. The second-order valence-electron chi connectivity index (χ2n) is 2.94. The monoisotopic (exact) mass is 157 g/mol. The minimum absolute atomic E-state index is 0.0478. The molecular formula is C9H17O2. The van der Waals surface area contributed by atoms with Crippen LogP contribution in [0.4, 0.5) is 0 Å². The van der Waals surface area contributed by atoms with Crippen LogP contribution < -0.4 is 0 Å². The fourth-order valence-corrected chi connectivity index (χ4v) is 0.875. The lowest BCUT2D eigenvalue weighted by molar-refractivity contribution is -0.122. The number of hydrogen-bond acceptors (Lipinski definition) is 1. The number of unbranched alkanes of at least 4 members (excludes halogenated alkanes) is 1. The molecule has 0 amide bonds. The molecule has 0 N–H and O–H groups in total. The van der Waals surface area contributed by atoms with E-state index in [0.717, 1.165) is 12.8 Å². The topological polar surface area (TPSA) is 37.0 Å². The first-order valence-electron chi connectivity index (χ1n) is 4.33. The van der Waals surface area contributed by atoms with E-state index >= 15 is 0 Å². The van der Waals surface area contributed by atoms with Gasteiger partial charge in [-0.1, -0.05) is 13.8 Å². The van der Waals surface area contributed by atoms with Gasteiger partial charge in [0.2, 0.25) is 0 Å². The van der Waals surface area contributed by atoms with Crippen molar-refractivity contribution in [2.24, 2.45) is 5.92 Å². The third kappa shape index (κ3) is 4.96. The van der Waals surface area contributed by atoms with Crippen molar-refractivity contribution in [1.29, 1.82) is 0 Å². The van der Waals surface area contributed by atoms with E-state index < -0.39 is 0 Å². The van der Waals surface area contributed by atoms with E-state index in [1.807, 2.05) is 13.8 Å². The molecule has 0 heterocycles. The Morgan fingerprint density at radius 1 is 1.36 bits per heavy atom. The molecule has 0 bridgehead atoms. The normalized spacial score (nSPS) is 13.0. The lowest BCUT2D eigenvalue weighted by Gasteiger charge is -2.05. The number of carbonyl (C=O) groups is 1. The Kier molecular flexibility index (Phi) is 6.13. The molecule has 0 aromatic heterocycles. The van der Waals surface area contributed by atoms with E-state index in [9.17, 15) is 9.90 Å². The molecule has 0 aliphatic carbocycles. The largest absolute Gasteiger partial charge is 0.299 e. The van der Waals surface area contributed by atoms with E-state index in [4.69, 9.17) is 0 Å². The first-order valence-corrected chi connectivity index (χ1v) is 4.33. The summed E-state index contributed by atoms with van der Waals surface area (Å²) in [4.78, 5) is 11.1. The number of carbonyl (C=O) groups excluding carboxylic acids is 1. The maximum atomic E-state index is 11.1. The zero-order valence-corrected chi connectivity index (χ0v) is 7.43. The molecule has 11 heavy (non-hydrogen) atoms. The predicted octanol–water partition coefficient (Wildman–Crippen LogP) is 2.20. The maximum absolute atomic E-state index is 11.1. The fraction of sp³-hybridized carbons (Fsp3) is 0.889. The van der Waals surface area contributed by atoms with E-state index in [0.29, 0.717) is 18.6 Å². The Bertz CT molecular complexity index is 110. The minimum Gasteiger partial charge on any atom is -0.299 e. The van der Waals surface area contributed by atoms with Crippen molar-refractivity contribution in [3.8, 4) is 0 Å². The zero-order valence-electron chi connectivity index (χ0n) is 7.43. The molecule has 0 fully saturated rings. The molecule has 65 valence electrons. The quantitative estimate of drug-likeness (QED) is 0.544. The highest BCUT2D eigenvalue weighted by molar-refractivity contribution is 5.80. The molecule has 1 atom stereocenters. The minimum atomic E-state index is -0.0478. The van der Waals surface area contributed by atoms with Gasteiger partial charge in [-0.2, -0.15) is 0 Å². The van der Waals surface area contributed by atoms with E-state index in [-0.39, 0.29) is 12.5 Å². The Hall–Kier alpha value is -0.370. The maximum Gasteiger partial charge on any atom is 0.135 e. The molecule has 0 aliphatic rings. The van der Waals surface area contributed by atoms with E-state index in [1.165, 1.54) is 0 Å². The third-order valence-corrected chi connectivity index (χ3v) is 1.98. The average molecular weight is 157 g/mol. The van der Waals surface area contributed by atoms with E-state index in [2.05, 4.69) is 0 Å². The molecule has 1 unspecified atom stereocenters. The lowest BCUT2D eigenvalue weighted by Crippen LogP contribution is -2.09. The van der Waals surface area contributed by atoms with Gasteiger partial charge in [0, 0.05) is 12.3 Å². The summed E-state index contributed by atoms with van der Waals surface area (Å²) in [5.74, 6) is 0.489. The predicted molar refractivity (Wildman–Crippen MR) is 43.9 cm³/mol. The Morgan fingerprint density at radius 2 is 2.00 bits per heavy atom. The summed E-state index contributed by atoms with van der Waals surface area (Å²) in [7, 11) is 0. The standard InChI is InChI=1S/C9H17O2/c1-3-8(2)9(11)6-4-5-7-10/h8H,3-7H2,1-2H3. The van der Waals surface area contributed by atoms with Gasteiger partial charge in [0.1, 0.15) is 5.78 Å². The van der Waals surface area contributed by atoms with Crippen molar-refractivity contribution < 1.29 is 9.90 Å². The Balaban J connectivity index is 3.36. The first-order chi connectivity index (χ1) is 5.22. The van der Waals surface area contributed by atoms with Gasteiger partial charge in [-0.05, 0) is 19.3 Å². The van der Waals surface area contributed by atoms with Crippen LogP contribution in [0.5, 0.6) is 0 Å². The fourth-order valence-electron chi connectivity index (χ4n) is 0.875. The molecule has 0 rings (SSSR count). The summed E-state index contributed by atoms with van der Waals surface area (Å²) in [6.45, 7) is 3.91. The molecule has 2 heteroatoms. The van der Waals surface area contributed by atoms with Gasteiger partial charge in [0.25, 0.3) is 0 Å². The Labute approximate surface area is 68.6 Å². The van der Waals surface area contributed by atoms with Crippen LogP contribution >= 0.6 is 0 Å². The van der Waals surface area contributed by atoms with Gasteiger partial charge >= 0.3 is 0 Å². The number of rotatable bonds is 6. The van der Waals surface area contributed by atoms with Gasteiger partial charge in [-0.3, -0.25) is 4.79 Å². The average Bonchev–Trinajstić information content (AvgIpc) is 2.03. The number of Topliss-reactive ketones (excluding diaryl/α,β-unsaturated/α-hetero) is 1. The van der Waals surface area contributed by atoms with Crippen LogP contribution in [0.25, 0.3) is 0 Å². The van der Waals surface area contributed by atoms with Gasteiger partial charge in [-0.25, -0.2) is 5.11 Å². The van der Waals surface area contributed by atoms with Crippen LogP contribution in [0.2, 0.25) is 0 Å². The van der Waals surface area contributed by atoms with Gasteiger partial charge in [0.05, 0.1) is 6.61 Å². The summed E-state index contributed by atoms with van der Waals surface area (Å²) in [5, 5.41) is 10.0. The molecular weight excluding hydrogens is 140 g/mol. The van der Waals surface area contributed by atoms with Crippen molar-refractivity contribution in [3.05, 3.63) is 0 Å². The number of ketones is 1. The molecule has 0 spiro atoms. The summed E-state index contributed by atoms with van der Waals surface area (Å²) >= 11 is 0. The molecule has 0 saturated carbocycles. The molecule has 2 nitrogen and oxygen atoms in total. The summed E-state index contributed by atoms with van der Waals surface area (Å²) in [6.07, 6.45) is 2.92. The van der Waals surface area contributed by atoms with Gasteiger partial charge in [0.15, 0.2) is 0 Å².